The van der Waals surface area contributed by atoms with E-state index in [1.54, 1.807) is 0 Å². The van der Waals surface area contributed by atoms with Crippen LogP contribution in [0.1, 0.15) is 105 Å². The Kier molecular flexibility index (Phi) is 15.2. The first-order valence-corrected chi connectivity index (χ1v) is 21.1. The molecule has 4 atom stereocenters. The van der Waals surface area contributed by atoms with Crippen molar-refractivity contribution >= 4 is 28.4 Å². The van der Waals surface area contributed by atoms with Crippen molar-refractivity contribution in [3.63, 3.8) is 0 Å². The number of Topliss-reactive ketones (excluding diaryl/α,β-unsaturated/α-hetero) is 1. The Morgan fingerprint density at radius 2 is 1.65 bits per heavy atom. The van der Waals surface area contributed by atoms with Crippen molar-refractivity contribution in [1.29, 1.82) is 0 Å². The summed E-state index contributed by atoms with van der Waals surface area (Å²) in [7, 11) is -3.52. The van der Waals surface area contributed by atoms with E-state index in [0.29, 0.717) is 18.6 Å². The van der Waals surface area contributed by atoms with E-state index in [2.05, 4.69) is 66.4 Å². The van der Waals surface area contributed by atoms with Gasteiger partial charge < -0.3 is 14.0 Å². The normalized spacial score (nSPS) is 22.6. The largest absolute Gasteiger partial charge is 0.481 e. The second-order valence-electron chi connectivity index (χ2n) is 12.5. The number of ketones is 1. The molecule has 0 amide bonds. The van der Waals surface area contributed by atoms with Gasteiger partial charge in [-0.05, 0) is 70.4 Å². The molecule has 0 radical (unpaired) electrons. The van der Waals surface area contributed by atoms with Gasteiger partial charge in [0.15, 0.2) is 16.6 Å². The molecule has 7 heteroatoms. The molecule has 1 N–H and O–H groups in total. The highest BCUT2D eigenvalue weighted by atomic mass is 28.4. The number of carbonyl (C=O) groups is 2. The summed E-state index contributed by atoms with van der Waals surface area (Å²) in [6, 6.07) is 3.28. The molecular weight excluding hydrogens is 496 g/mol. The van der Waals surface area contributed by atoms with Crippen molar-refractivity contribution in [2.75, 3.05) is 0 Å². The molecule has 216 valence electrons. The second kappa shape index (κ2) is 16.4. The van der Waals surface area contributed by atoms with Gasteiger partial charge in [-0.3, -0.25) is 9.59 Å². The van der Waals surface area contributed by atoms with Gasteiger partial charge in [0.25, 0.3) is 0 Å². The standard InChI is InChI=1S/C30H58O5Si2/c1-9-13-22-30(5,35-36(6,7)8)23-18-20-26-25(19-16-14-15-17-21-29(32)33)27(31)24-28(26)34-37(10-2,11-3)12-4/h18,20,25-26,28H,9-17,19,21-24H2,1-8H3,(H,32,33)/b20-18+/t25-,26-,28?,30?/m1/s1. The van der Waals surface area contributed by atoms with Crippen LogP contribution in [0.25, 0.3) is 0 Å². The summed E-state index contributed by atoms with van der Waals surface area (Å²) >= 11 is 0. The summed E-state index contributed by atoms with van der Waals surface area (Å²) in [5.41, 5.74) is -0.162. The summed E-state index contributed by atoms with van der Waals surface area (Å²) in [5.74, 6) is -0.234. The summed E-state index contributed by atoms with van der Waals surface area (Å²) in [4.78, 5) is 24.0. The zero-order chi connectivity index (χ0) is 28.1. The zero-order valence-corrected chi connectivity index (χ0v) is 27.4. The molecule has 0 spiro atoms. The van der Waals surface area contributed by atoms with E-state index in [-0.39, 0.29) is 30.0 Å². The van der Waals surface area contributed by atoms with E-state index in [4.69, 9.17) is 14.0 Å². The molecule has 2 unspecified atom stereocenters. The van der Waals surface area contributed by atoms with Crippen LogP contribution in [0.2, 0.25) is 37.8 Å². The average molecular weight is 555 g/mol. The van der Waals surface area contributed by atoms with Crippen LogP contribution < -0.4 is 0 Å². The molecule has 1 fully saturated rings. The van der Waals surface area contributed by atoms with Crippen LogP contribution >= 0.6 is 0 Å². The Labute approximate surface area is 230 Å². The molecule has 1 aliphatic carbocycles. The number of hydrogen-bond acceptors (Lipinski definition) is 4. The number of rotatable bonds is 20. The van der Waals surface area contributed by atoms with Crippen LogP contribution in [-0.2, 0) is 18.4 Å². The first kappa shape index (κ1) is 34.3. The van der Waals surface area contributed by atoms with Crippen LogP contribution in [0.5, 0.6) is 0 Å². The maximum absolute atomic E-state index is 13.2. The van der Waals surface area contributed by atoms with Crippen LogP contribution in [0.4, 0.5) is 0 Å². The van der Waals surface area contributed by atoms with Crippen molar-refractivity contribution < 1.29 is 23.5 Å². The highest BCUT2D eigenvalue weighted by molar-refractivity contribution is 6.73. The van der Waals surface area contributed by atoms with Gasteiger partial charge in [0.05, 0.1) is 11.7 Å². The maximum atomic E-state index is 13.2. The van der Waals surface area contributed by atoms with E-state index < -0.39 is 22.6 Å². The molecule has 0 aromatic heterocycles. The number of aliphatic carboxylic acids is 1. The van der Waals surface area contributed by atoms with Gasteiger partial charge in [0.1, 0.15) is 5.78 Å². The van der Waals surface area contributed by atoms with Crippen LogP contribution in [0.15, 0.2) is 12.2 Å². The number of carboxylic acids is 1. The third-order valence-electron chi connectivity index (χ3n) is 8.22. The molecule has 5 nitrogen and oxygen atoms in total. The fourth-order valence-electron chi connectivity index (χ4n) is 5.97. The van der Waals surface area contributed by atoms with E-state index in [9.17, 15) is 9.59 Å². The Balaban J connectivity index is 3.04. The molecular formula is C30H58O5Si2. The highest BCUT2D eigenvalue weighted by Crippen LogP contribution is 2.40. The van der Waals surface area contributed by atoms with E-state index in [1.807, 2.05) is 0 Å². The molecule has 0 aliphatic heterocycles. The molecule has 1 aliphatic rings. The number of unbranched alkanes of at least 4 members (excludes halogenated alkanes) is 4. The van der Waals surface area contributed by atoms with E-state index in [0.717, 1.165) is 69.5 Å². The predicted molar refractivity (Wildman–Crippen MR) is 160 cm³/mol. The fraction of sp³-hybridized carbons (Fsp3) is 0.867. The monoisotopic (exact) mass is 554 g/mol. The molecule has 1 saturated carbocycles. The van der Waals surface area contributed by atoms with Gasteiger partial charge in [-0.15, -0.1) is 0 Å². The topological polar surface area (TPSA) is 72.8 Å². The minimum atomic E-state index is -1.83. The lowest BCUT2D eigenvalue weighted by atomic mass is 9.87. The van der Waals surface area contributed by atoms with Gasteiger partial charge in [0.2, 0.25) is 0 Å². The van der Waals surface area contributed by atoms with Crippen LogP contribution in [0.3, 0.4) is 0 Å². The lowest BCUT2D eigenvalue weighted by Crippen LogP contribution is -2.41. The van der Waals surface area contributed by atoms with Crippen molar-refractivity contribution in [2.45, 2.75) is 155 Å². The Morgan fingerprint density at radius 1 is 1.03 bits per heavy atom. The minimum absolute atomic E-state index is 0.00733. The third-order valence-corrected chi connectivity index (χ3v) is 14.0. The van der Waals surface area contributed by atoms with Gasteiger partial charge in [-0.1, -0.05) is 72.0 Å². The molecule has 0 aromatic carbocycles. The summed E-state index contributed by atoms with van der Waals surface area (Å²) in [5, 5.41) is 8.88. The predicted octanol–water partition coefficient (Wildman–Crippen LogP) is 8.75. The Morgan fingerprint density at radius 3 is 2.19 bits per heavy atom. The summed E-state index contributed by atoms with van der Waals surface area (Å²) in [6.45, 7) is 18.0. The molecule has 0 aromatic rings. The lowest BCUT2D eigenvalue weighted by Gasteiger charge is -2.36. The van der Waals surface area contributed by atoms with Crippen molar-refractivity contribution in [1.82, 2.24) is 0 Å². The zero-order valence-electron chi connectivity index (χ0n) is 25.4. The van der Waals surface area contributed by atoms with E-state index >= 15 is 0 Å². The molecule has 0 bridgehead atoms. The SMILES string of the molecule is CCCCC(C)(C/C=C/[C@H]1C(O[Si](CC)(CC)CC)CC(=O)[C@@H]1CCCCCCC(=O)O)O[Si](C)(C)C. The third kappa shape index (κ3) is 12.3. The first-order chi connectivity index (χ1) is 17.3. The van der Waals surface area contributed by atoms with Gasteiger partial charge >= 0.3 is 5.97 Å². The average Bonchev–Trinajstić information content (AvgIpc) is 3.10. The smallest absolute Gasteiger partial charge is 0.303 e. The summed E-state index contributed by atoms with van der Waals surface area (Å²) < 4.78 is 13.6. The van der Waals surface area contributed by atoms with Gasteiger partial charge in [-0.25, -0.2) is 0 Å². The first-order valence-electron chi connectivity index (χ1n) is 15.1. The highest BCUT2D eigenvalue weighted by Gasteiger charge is 2.44. The fourth-order valence-corrected chi connectivity index (χ4v) is 10.5. The van der Waals surface area contributed by atoms with E-state index in [1.165, 1.54) is 0 Å². The second-order valence-corrected chi connectivity index (χ2v) is 21.7. The van der Waals surface area contributed by atoms with Gasteiger partial charge in [0, 0.05) is 24.7 Å². The van der Waals surface area contributed by atoms with Crippen LogP contribution in [-0.4, -0.2) is 45.2 Å². The van der Waals surface area contributed by atoms with Crippen LogP contribution in [0, 0.1) is 11.8 Å². The Hall–Kier alpha value is -0.766. The maximum Gasteiger partial charge on any atom is 0.303 e. The molecule has 0 heterocycles. The number of hydrogen-bond donors (Lipinski definition) is 1. The number of carboxylic acid groups (broad SMARTS) is 1. The minimum Gasteiger partial charge on any atom is -0.481 e. The number of carbonyl (C=O) groups excluding carboxylic acids is 1. The lowest BCUT2D eigenvalue weighted by molar-refractivity contribution is -0.137. The molecule has 1 rings (SSSR count). The van der Waals surface area contributed by atoms with Crippen molar-refractivity contribution in [2.24, 2.45) is 11.8 Å². The van der Waals surface area contributed by atoms with Gasteiger partial charge in [-0.2, -0.15) is 0 Å². The Bertz CT molecular complexity index is 705. The van der Waals surface area contributed by atoms with Crippen molar-refractivity contribution in [3.05, 3.63) is 12.2 Å². The summed E-state index contributed by atoms with van der Waals surface area (Å²) in [6.07, 6.45) is 14.1. The van der Waals surface area contributed by atoms with Crippen molar-refractivity contribution in [3.8, 4) is 0 Å². The molecule has 37 heavy (non-hydrogen) atoms. The quantitative estimate of drug-likeness (QED) is 0.0925. The molecule has 0 saturated heterocycles.